The number of amides is 1. The van der Waals surface area contributed by atoms with Crippen molar-refractivity contribution in [1.29, 1.82) is 0 Å². The molecule has 0 spiro atoms. The SMILES string of the molecule is COc1ccc(C(=O)Nc2ccccc2-c2noc(C)n2)cc1S(=O)(=O)N1CCOCC1. The van der Waals surface area contributed by atoms with E-state index in [1.54, 1.807) is 31.2 Å². The Balaban J connectivity index is 1.65. The number of aryl methyl sites for hydroxylation is 1. The largest absolute Gasteiger partial charge is 0.495 e. The van der Waals surface area contributed by atoms with Gasteiger partial charge < -0.3 is 19.3 Å². The van der Waals surface area contributed by atoms with E-state index in [2.05, 4.69) is 15.5 Å². The van der Waals surface area contributed by atoms with Crippen molar-refractivity contribution in [1.82, 2.24) is 14.4 Å². The van der Waals surface area contributed by atoms with Crippen LogP contribution in [-0.4, -0.2) is 62.2 Å². The van der Waals surface area contributed by atoms with Crippen LogP contribution in [0.3, 0.4) is 0 Å². The third kappa shape index (κ3) is 4.35. The summed E-state index contributed by atoms with van der Waals surface area (Å²) in [6, 6.07) is 11.3. The fourth-order valence-electron chi connectivity index (χ4n) is 3.34. The number of hydrogen-bond donors (Lipinski definition) is 1. The molecule has 1 aliphatic heterocycles. The number of anilines is 1. The average Bonchev–Trinajstić information content (AvgIpc) is 3.25. The number of nitrogens with one attached hydrogen (secondary N) is 1. The summed E-state index contributed by atoms with van der Waals surface area (Å²) in [6.07, 6.45) is 0. The molecule has 0 aliphatic carbocycles. The van der Waals surface area contributed by atoms with Crippen LogP contribution in [0.1, 0.15) is 16.2 Å². The van der Waals surface area contributed by atoms with Crippen LogP contribution in [0.4, 0.5) is 5.69 Å². The number of rotatable bonds is 6. The molecule has 2 aromatic carbocycles. The molecule has 1 aromatic heterocycles. The molecule has 0 saturated carbocycles. The van der Waals surface area contributed by atoms with Crippen molar-refractivity contribution in [3.63, 3.8) is 0 Å². The Bertz CT molecular complexity index is 1230. The van der Waals surface area contributed by atoms with Crippen LogP contribution in [0.25, 0.3) is 11.4 Å². The van der Waals surface area contributed by atoms with Gasteiger partial charge in [0.25, 0.3) is 5.91 Å². The molecule has 0 radical (unpaired) electrons. The number of sulfonamides is 1. The zero-order chi connectivity index (χ0) is 22.7. The van der Waals surface area contributed by atoms with Crippen LogP contribution >= 0.6 is 0 Å². The van der Waals surface area contributed by atoms with E-state index < -0.39 is 15.9 Å². The Labute approximate surface area is 185 Å². The Kier molecular flexibility index (Phi) is 6.21. The van der Waals surface area contributed by atoms with Gasteiger partial charge in [-0.15, -0.1) is 0 Å². The summed E-state index contributed by atoms with van der Waals surface area (Å²) in [5, 5.41) is 6.70. The highest BCUT2D eigenvalue weighted by Gasteiger charge is 2.30. The van der Waals surface area contributed by atoms with Gasteiger partial charge in [-0.05, 0) is 30.3 Å². The maximum atomic E-state index is 13.2. The zero-order valence-corrected chi connectivity index (χ0v) is 18.4. The third-order valence-corrected chi connectivity index (χ3v) is 6.88. The highest BCUT2D eigenvalue weighted by atomic mass is 32.2. The topological polar surface area (TPSA) is 124 Å². The molecule has 32 heavy (non-hydrogen) atoms. The lowest BCUT2D eigenvalue weighted by Gasteiger charge is -2.26. The normalized spacial score (nSPS) is 14.8. The number of benzene rings is 2. The molecular weight excluding hydrogens is 436 g/mol. The monoisotopic (exact) mass is 458 g/mol. The summed E-state index contributed by atoms with van der Waals surface area (Å²) in [4.78, 5) is 17.1. The first-order valence-electron chi connectivity index (χ1n) is 9.87. The molecule has 0 atom stereocenters. The Morgan fingerprint density at radius 3 is 2.59 bits per heavy atom. The predicted molar refractivity (Wildman–Crippen MR) is 115 cm³/mol. The first-order chi connectivity index (χ1) is 15.4. The minimum absolute atomic E-state index is 0.0726. The molecule has 1 saturated heterocycles. The molecule has 0 bridgehead atoms. The van der Waals surface area contributed by atoms with Crippen LogP contribution in [0.15, 0.2) is 51.9 Å². The standard InChI is InChI=1S/C21H22N4O6S/c1-14-22-20(24-31-14)16-5-3-4-6-17(16)23-21(26)15-7-8-18(29-2)19(13-15)32(27,28)25-9-11-30-12-10-25/h3-8,13H,9-12H2,1-2H3,(H,23,26). The molecule has 11 heteroatoms. The van der Waals surface area contributed by atoms with Crippen molar-refractivity contribution >= 4 is 21.6 Å². The first kappa shape index (κ1) is 21.9. The molecule has 4 rings (SSSR count). The van der Waals surface area contributed by atoms with Gasteiger partial charge in [-0.2, -0.15) is 9.29 Å². The van der Waals surface area contributed by atoms with E-state index in [9.17, 15) is 13.2 Å². The van der Waals surface area contributed by atoms with Crippen molar-refractivity contribution < 1.29 is 27.2 Å². The summed E-state index contributed by atoms with van der Waals surface area (Å²) in [7, 11) is -2.48. The third-order valence-electron chi connectivity index (χ3n) is 4.96. The van der Waals surface area contributed by atoms with Crippen LogP contribution in [0.2, 0.25) is 0 Å². The van der Waals surface area contributed by atoms with Gasteiger partial charge in [-0.25, -0.2) is 8.42 Å². The van der Waals surface area contributed by atoms with E-state index in [4.69, 9.17) is 14.0 Å². The van der Waals surface area contributed by atoms with Gasteiger partial charge in [-0.1, -0.05) is 17.3 Å². The summed E-state index contributed by atoms with van der Waals surface area (Å²) < 4.78 is 43.2. The number of morpholine rings is 1. The summed E-state index contributed by atoms with van der Waals surface area (Å²) in [5.74, 6) is 0.410. The Morgan fingerprint density at radius 2 is 1.91 bits per heavy atom. The molecule has 1 amide bonds. The fraction of sp³-hybridized carbons (Fsp3) is 0.286. The molecule has 1 fully saturated rings. The molecule has 0 unspecified atom stereocenters. The second-order valence-electron chi connectivity index (χ2n) is 7.02. The van der Waals surface area contributed by atoms with Crippen molar-refractivity contribution in [2.45, 2.75) is 11.8 Å². The molecule has 1 aliphatic rings. The molecule has 3 aromatic rings. The van der Waals surface area contributed by atoms with Gasteiger partial charge >= 0.3 is 0 Å². The number of ether oxygens (including phenoxy) is 2. The van der Waals surface area contributed by atoms with E-state index in [-0.39, 0.29) is 29.3 Å². The van der Waals surface area contributed by atoms with Gasteiger partial charge in [0.1, 0.15) is 10.6 Å². The number of nitrogens with zero attached hydrogens (tertiary/aromatic N) is 3. The molecule has 1 N–H and O–H groups in total. The maximum Gasteiger partial charge on any atom is 0.255 e. The number of carbonyl (C=O) groups is 1. The first-order valence-corrected chi connectivity index (χ1v) is 11.3. The van der Waals surface area contributed by atoms with Crippen LogP contribution < -0.4 is 10.1 Å². The highest BCUT2D eigenvalue weighted by molar-refractivity contribution is 7.89. The van der Waals surface area contributed by atoms with Gasteiger partial charge in [0.05, 0.1) is 26.0 Å². The average molecular weight is 458 g/mol. The number of hydrogen-bond acceptors (Lipinski definition) is 8. The minimum atomic E-state index is -3.87. The number of methoxy groups -OCH3 is 1. The smallest absolute Gasteiger partial charge is 0.255 e. The fourth-order valence-corrected chi connectivity index (χ4v) is 4.93. The van der Waals surface area contributed by atoms with Crippen LogP contribution in [0, 0.1) is 6.92 Å². The second-order valence-corrected chi connectivity index (χ2v) is 8.93. The molecule has 2 heterocycles. The summed E-state index contributed by atoms with van der Waals surface area (Å²) >= 11 is 0. The lowest BCUT2D eigenvalue weighted by Crippen LogP contribution is -2.40. The number of aromatic nitrogens is 2. The van der Waals surface area contributed by atoms with E-state index in [1.807, 2.05) is 0 Å². The summed E-state index contributed by atoms with van der Waals surface area (Å²) in [6.45, 7) is 2.77. The number of carbonyl (C=O) groups excluding carboxylic acids is 1. The van der Waals surface area contributed by atoms with Crippen molar-refractivity contribution in [2.75, 3.05) is 38.7 Å². The van der Waals surface area contributed by atoms with Crippen molar-refractivity contribution in [3.05, 3.63) is 53.9 Å². The van der Waals surface area contributed by atoms with Gasteiger partial charge in [0, 0.05) is 31.1 Å². The van der Waals surface area contributed by atoms with E-state index >= 15 is 0 Å². The van der Waals surface area contributed by atoms with E-state index in [1.165, 1.54) is 29.6 Å². The highest BCUT2D eigenvalue weighted by Crippen LogP contribution is 2.30. The lowest BCUT2D eigenvalue weighted by molar-refractivity contribution is 0.0729. The van der Waals surface area contributed by atoms with E-state index in [0.29, 0.717) is 36.2 Å². The minimum Gasteiger partial charge on any atom is -0.495 e. The lowest BCUT2D eigenvalue weighted by atomic mass is 10.1. The van der Waals surface area contributed by atoms with Gasteiger partial charge in [0.2, 0.25) is 21.7 Å². The molecule has 10 nitrogen and oxygen atoms in total. The summed E-state index contributed by atoms with van der Waals surface area (Å²) in [5.41, 5.74) is 1.20. The predicted octanol–water partition coefficient (Wildman–Crippen LogP) is 2.33. The Morgan fingerprint density at radius 1 is 1.16 bits per heavy atom. The second kappa shape index (κ2) is 9.07. The van der Waals surface area contributed by atoms with Crippen molar-refractivity contribution in [3.8, 4) is 17.1 Å². The number of para-hydroxylation sites is 1. The maximum absolute atomic E-state index is 13.2. The van der Waals surface area contributed by atoms with Crippen molar-refractivity contribution in [2.24, 2.45) is 0 Å². The zero-order valence-electron chi connectivity index (χ0n) is 17.6. The van der Waals surface area contributed by atoms with E-state index in [0.717, 1.165) is 0 Å². The van der Waals surface area contributed by atoms with Gasteiger partial charge in [-0.3, -0.25) is 4.79 Å². The van der Waals surface area contributed by atoms with Gasteiger partial charge in [0.15, 0.2) is 0 Å². The Hall–Kier alpha value is -3.28. The molecular formula is C21H22N4O6S. The van der Waals surface area contributed by atoms with Crippen LogP contribution in [-0.2, 0) is 14.8 Å². The van der Waals surface area contributed by atoms with Crippen LogP contribution in [0.5, 0.6) is 5.75 Å². The quantitative estimate of drug-likeness (QED) is 0.597. The molecule has 168 valence electrons.